The van der Waals surface area contributed by atoms with Gasteiger partial charge >= 0.3 is 0 Å². The second-order valence-corrected chi connectivity index (χ2v) is 8.95. The molecule has 3 fully saturated rings. The summed E-state index contributed by atoms with van der Waals surface area (Å²) in [6.07, 6.45) is -4.85. The van der Waals surface area contributed by atoms with Crippen LogP contribution in [-0.2, 0) is 18.9 Å². The van der Waals surface area contributed by atoms with E-state index in [1.165, 1.54) is 0 Å². The number of unbranched alkanes of at least 4 members (excludes halogenated alkanes) is 5. The average molecular weight is 466 g/mol. The molecule has 0 unspecified atom stereocenters. The van der Waals surface area contributed by atoms with Gasteiger partial charge in [-0.05, 0) is 19.4 Å². The van der Waals surface area contributed by atoms with Gasteiger partial charge in [0.05, 0.1) is 25.4 Å². The van der Waals surface area contributed by atoms with Crippen LogP contribution in [0.2, 0.25) is 0 Å². The van der Waals surface area contributed by atoms with Gasteiger partial charge in [0.25, 0.3) is 0 Å². The smallest absolute Gasteiger partial charge is 0.187 e. The first-order valence-electron chi connectivity index (χ1n) is 11.7. The van der Waals surface area contributed by atoms with E-state index in [9.17, 15) is 30.6 Å². The molecule has 0 aromatic heterocycles. The Kier molecular flexibility index (Phi) is 10.1. The predicted molar refractivity (Wildman–Crippen MR) is 110 cm³/mol. The number of rotatable bonds is 13. The molecule has 3 aliphatic rings. The highest BCUT2D eigenvalue weighted by atomic mass is 16.7. The summed E-state index contributed by atoms with van der Waals surface area (Å²) >= 11 is 0. The number of epoxide rings is 1. The van der Waals surface area contributed by atoms with Gasteiger partial charge < -0.3 is 55.3 Å². The zero-order valence-corrected chi connectivity index (χ0v) is 18.3. The van der Waals surface area contributed by atoms with Crippen molar-refractivity contribution in [3.8, 4) is 0 Å². The van der Waals surface area contributed by atoms with Crippen LogP contribution in [-0.4, -0.2) is 118 Å². The summed E-state index contributed by atoms with van der Waals surface area (Å²) in [6.45, 7) is 0.216. The van der Waals surface area contributed by atoms with E-state index in [2.05, 4.69) is 0 Å². The van der Waals surface area contributed by atoms with Gasteiger partial charge in [-0.3, -0.25) is 0 Å². The molecule has 188 valence electrons. The van der Waals surface area contributed by atoms with Crippen LogP contribution in [0.3, 0.4) is 0 Å². The second-order valence-electron chi connectivity index (χ2n) is 8.95. The molecule has 32 heavy (non-hydrogen) atoms. The van der Waals surface area contributed by atoms with Crippen LogP contribution in [0.4, 0.5) is 0 Å². The summed E-state index contributed by atoms with van der Waals surface area (Å²) in [5.74, 6) is -0.627. The van der Waals surface area contributed by atoms with Crippen LogP contribution in [0.5, 0.6) is 0 Å². The summed E-state index contributed by atoms with van der Waals surface area (Å²) < 4.78 is 22.4. The van der Waals surface area contributed by atoms with Crippen LogP contribution < -0.4 is 5.73 Å². The van der Waals surface area contributed by atoms with Crippen LogP contribution in [0, 0.1) is 5.92 Å². The third-order valence-corrected chi connectivity index (χ3v) is 6.66. The second kappa shape index (κ2) is 12.3. The third kappa shape index (κ3) is 5.97. The quantitative estimate of drug-likeness (QED) is 0.114. The largest absolute Gasteiger partial charge is 0.396 e. The molecule has 2 aliphatic heterocycles. The molecular weight excluding hydrogens is 426 g/mol. The number of ether oxygens (including phenoxy) is 4. The molecule has 11 nitrogen and oxygen atoms in total. The van der Waals surface area contributed by atoms with Crippen molar-refractivity contribution in [3.63, 3.8) is 0 Å². The molecule has 3 rings (SSSR count). The minimum atomic E-state index is -1.51. The van der Waals surface area contributed by atoms with Gasteiger partial charge in [-0.15, -0.1) is 0 Å². The average Bonchev–Trinajstić information content (AvgIpc) is 3.58. The number of aliphatic hydroxyl groups is 6. The topological polar surface area (TPSA) is 188 Å². The number of aliphatic hydroxyl groups excluding tert-OH is 6. The van der Waals surface area contributed by atoms with E-state index in [-0.39, 0.29) is 6.61 Å². The van der Waals surface area contributed by atoms with E-state index in [4.69, 9.17) is 24.7 Å². The van der Waals surface area contributed by atoms with E-state index < -0.39 is 73.8 Å². The Labute approximate surface area is 188 Å². The van der Waals surface area contributed by atoms with Crippen molar-refractivity contribution in [1.29, 1.82) is 0 Å². The first-order valence-corrected chi connectivity index (χ1v) is 11.7. The zero-order chi connectivity index (χ0) is 23.3. The molecule has 11 atom stereocenters. The summed E-state index contributed by atoms with van der Waals surface area (Å²) in [5.41, 5.74) is 5.48. The van der Waals surface area contributed by atoms with Crippen molar-refractivity contribution in [2.75, 3.05) is 26.4 Å². The molecule has 0 spiro atoms. The summed E-state index contributed by atoms with van der Waals surface area (Å²) in [5, 5.41) is 61.1. The number of hydrogen-bond acceptors (Lipinski definition) is 11. The Bertz CT molecular complexity index is 555. The van der Waals surface area contributed by atoms with Crippen LogP contribution >= 0.6 is 0 Å². The molecule has 0 amide bonds. The standard InChI is InChI=1S/C21H39NO10/c22-7-5-3-1-2-4-6-8-29-19-12(10-24)30-21(16(28)15(19)27)32-17-11(9-23)18-20(31-18)14(26)13(17)25/h11-21,23-28H,1-10,22H2/t11-,12-,13-,14-,15-,16-,17-,18+,19-,20-,21-/m1/s1. The highest BCUT2D eigenvalue weighted by Crippen LogP contribution is 2.43. The molecule has 0 bridgehead atoms. The van der Waals surface area contributed by atoms with Crippen molar-refractivity contribution in [2.45, 2.75) is 99.8 Å². The van der Waals surface area contributed by atoms with E-state index in [1.54, 1.807) is 0 Å². The Morgan fingerprint density at radius 1 is 0.688 bits per heavy atom. The normalized spacial score (nSPS) is 43.8. The maximum Gasteiger partial charge on any atom is 0.187 e. The van der Waals surface area contributed by atoms with Crippen molar-refractivity contribution in [3.05, 3.63) is 0 Å². The Morgan fingerprint density at radius 2 is 1.34 bits per heavy atom. The van der Waals surface area contributed by atoms with Crippen molar-refractivity contribution in [1.82, 2.24) is 0 Å². The van der Waals surface area contributed by atoms with Crippen molar-refractivity contribution in [2.24, 2.45) is 11.7 Å². The number of hydrogen-bond donors (Lipinski definition) is 7. The molecule has 11 heteroatoms. The van der Waals surface area contributed by atoms with Gasteiger partial charge in [0.1, 0.15) is 42.7 Å². The Morgan fingerprint density at radius 3 is 2.00 bits per heavy atom. The lowest BCUT2D eigenvalue weighted by Crippen LogP contribution is -2.63. The molecule has 2 saturated heterocycles. The Hall–Kier alpha value is -0.440. The first-order chi connectivity index (χ1) is 15.4. The molecule has 0 aromatic rings. The first kappa shape index (κ1) is 26.2. The molecule has 0 aromatic carbocycles. The minimum Gasteiger partial charge on any atom is -0.396 e. The van der Waals surface area contributed by atoms with Gasteiger partial charge in [-0.25, -0.2) is 0 Å². The van der Waals surface area contributed by atoms with Crippen LogP contribution in [0.15, 0.2) is 0 Å². The van der Waals surface area contributed by atoms with Crippen LogP contribution in [0.1, 0.15) is 38.5 Å². The lowest BCUT2D eigenvalue weighted by Gasteiger charge is -2.44. The van der Waals surface area contributed by atoms with E-state index in [1.807, 2.05) is 0 Å². The monoisotopic (exact) mass is 465 g/mol. The molecule has 1 saturated carbocycles. The lowest BCUT2D eigenvalue weighted by atomic mass is 9.83. The zero-order valence-electron chi connectivity index (χ0n) is 18.3. The van der Waals surface area contributed by atoms with Crippen molar-refractivity contribution < 1.29 is 49.6 Å². The summed E-state index contributed by atoms with van der Waals surface area (Å²) in [4.78, 5) is 0. The fourth-order valence-electron chi connectivity index (χ4n) is 4.67. The number of fused-ring (bicyclic) bond motifs is 1. The SMILES string of the molecule is NCCCCCCCCO[C@H]1[C@H](O)[C@@H](O)[C@@H](O[C@H]2[C@H](O)[C@@H](O)[C@H]3O[C@H]3[C@@H]2CO)O[C@@H]1CO. The molecule has 2 heterocycles. The van der Waals surface area contributed by atoms with Gasteiger partial charge in [-0.2, -0.15) is 0 Å². The molecule has 0 radical (unpaired) electrons. The summed E-state index contributed by atoms with van der Waals surface area (Å²) in [6, 6.07) is 0. The lowest BCUT2D eigenvalue weighted by molar-refractivity contribution is -0.330. The molecule has 8 N–H and O–H groups in total. The van der Waals surface area contributed by atoms with E-state index in [0.29, 0.717) is 13.2 Å². The van der Waals surface area contributed by atoms with Gasteiger partial charge in [-0.1, -0.05) is 25.7 Å². The summed E-state index contributed by atoms with van der Waals surface area (Å²) in [7, 11) is 0. The van der Waals surface area contributed by atoms with Crippen LogP contribution in [0.25, 0.3) is 0 Å². The predicted octanol–water partition coefficient (Wildman–Crippen LogP) is -2.39. The third-order valence-electron chi connectivity index (χ3n) is 6.66. The van der Waals surface area contributed by atoms with Gasteiger partial charge in [0.2, 0.25) is 0 Å². The molecular formula is C21H39NO10. The van der Waals surface area contributed by atoms with Crippen molar-refractivity contribution >= 4 is 0 Å². The minimum absolute atomic E-state index is 0.344. The maximum atomic E-state index is 10.6. The van der Waals surface area contributed by atoms with Gasteiger partial charge in [0.15, 0.2) is 6.29 Å². The highest BCUT2D eigenvalue weighted by Gasteiger charge is 2.61. The van der Waals surface area contributed by atoms with E-state index >= 15 is 0 Å². The highest BCUT2D eigenvalue weighted by molar-refractivity contribution is 5.08. The fourth-order valence-corrected chi connectivity index (χ4v) is 4.67. The van der Waals surface area contributed by atoms with E-state index in [0.717, 1.165) is 38.5 Å². The maximum absolute atomic E-state index is 10.6. The Balaban J connectivity index is 1.50. The molecule has 1 aliphatic carbocycles. The fraction of sp³-hybridized carbons (Fsp3) is 1.00. The van der Waals surface area contributed by atoms with Gasteiger partial charge in [0, 0.05) is 12.5 Å². The number of nitrogens with two attached hydrogens (primary N) is 1.